The first-order valence-corrected chi connectivity index (χ1v) is 10.6. The fourth-order valence-corrected chi connectivity index (χ4v) is 3.38. The summed E-state index contributed by atoms with van der Waals surface area (Å²) < 4.78 is 12.2. The van der Waals surface area contributed by atoms with E-state index in [1.165, 1.54) is 6.08 Å². The molecule has 0 aliphatic heterocycles. The second kappa shape index (κ2) is 12.8. The maximum atomic E-state index is 11.2. The second-order valence-corrected chi connectivity index (χ2v) is 7.54. The van der Waals surface area contributed by atoms with Crippen LogP contribution in [0.3, 0.4) is 0 Å². The van der Waals surface area contributed by atoms with Crippen LogP contribution in [0.5, 0.6) is 11.5 Å². The predicted octanol–water partition coefficient (Wildman–Crippen LogP) is 4.83. The monoisotopic (exact) mass is 464 g/mol. The molecule has 0 radical (unpaired) electrons. The van der Waals surface area contributed by atoms with Crippen LogP contribution >= 0.6 is 0 Å². The zero-order valence-corrected chi connectivity index (χ0v) is 18.8. The Morgan fingerprint density at radius 2 is 1.68 bits per heavy atom. The molecule has 3 aromatic carbocycles. The minimum absolute atomic E-state index is 0. The summed E-state index contributed by atoms with van der Waals surface area (Å²) >= 11 is 0. The third-order valence-electron chi connectivity index (χ3n) is 5.06. The van der Waals surface area contributed by atoms with Crippen molar-refractivity contribution in [1.82, 2.24) is 0 Å². The van der Waals surface area contributed by atoms with Crippen molar-refractivity contribution in [2.45, 2.75) is 32.5 Å². The quantitative estimate of drug-likeness (QED) is 0.392. The number of hydrogen-bond donors (Lipinski definition) is 2. The van der Waals surface area contributed by atoms with Crippen molar-refractivity contribution < 1.29 is 34.8 Å². The lowest BCUT2D eigenvalue weighted by Gasteiger charge is -2.22. The van der Waals surface area contributed by atoms with Crippen molar-refractivity contribution in [3.63, 3.8) is 0 Å². The maximum absolute atomic E-state index is 11.2. The van der Waals surface area contributed by atoms with E-state index in [0.717, 1.165) is 22.8 Å². The lowest BCUT2D eigenvalue weighted by molar-refractivity contribution is -0.137. The zero-order chi connectivity index (χ0) is 23.6. The van der Waals surface area contributed by atoms with Gasteiger partial charge >= 0.3 is 11.9 Å². The van der Waals surface area contributed by atoms with E-state index in [1.54, 1.807) is 18.2 Å². The number of carboxylic acid groups (broad SMARTS) is 2. The van der Waals surface area contributed by atoms with E-state index in [2.05, 4.69) is 0 Å². The molecule has 0 saturated heterocycles. The van der Waals surface area contributed by atoms with Gasteiger partial charge in [-0.15, -0.1) is 0 Å². The van der Waals surface area contributed by atoms with E-state index in [1.807, 2.05) is 61.5 Å². The van der Waals surface area contributed by atoms with Gasteiger partial charge in [0.05, 0.1) is 0 Å². The van der Waals surface area contributed by atoms with Crippen LogP contribution in [-0.2, 0) is 16.2 Å². The minimum Gasteiger partial charge on any atom is -0.489 e. The number of aliphatic carboxylic acids is 2. The predicted molar refractivity (Wildman–Crippen MR) is 129 cm³/mol. The van der Waals surface area contributed by atoms with Crippen molar-refractivity contribution in [1.29, 1.82) is 0 Å². The molecule has 0 amide bonds. The molecular formula is C27H28O7. The molecule has 0 heterocycles. The Balaban J connectivity index is 0.00000408. The van der Waals surface area contributed by atoms with E-state index in [-0.39, 0.29) is 18.3 Å². The topological polar surface area (TPSA) is 125 Å². The third-order valence-corrected chi connectivity index (χ3v) is 5.06. The van der Waals surface area contributed by atoms with Gasteiger partial charge in [-0.3, -0.25) is 4.79 Å². The number of ether oxygens (including phenoxy) is 2. The third kappa shape index (κ3) is 7.79. The maximum Gasteiger partial charge on any atom is 0.328 e. The summed E-state index contributed by atoms with van der Waals surface area (Å²) in [7, 11) is 0. The van der Waals surface area contributed by atoms with Gasteiger partial charge in [-0.1, -0.05) is 54.6 Å². The number of rotatable bonds is 11. The van der Waals surface area contributed by atoms with Crippen molar-refractivity contribution in [2.24, 2.45) is 0 Å². The lowest BCUT2D eigenvalue weighted by atomic mass is 9.99. The first-order valence-electron chi connectivity index (χ1n) is 10.6. The van der Waals surface area contributed by atoms with Gasteiger partial charge in [-0.05, 0) is 48.2 Å². The summed E-state index contributed by atoms with van der Waals surface area (Å²) in [4.78, 5) is 22.3. The van der Waals surface area contributed by atoms with Crippen molar-refractivity contribution in [3.05, 3.63) is 101 Å². The molecule has 34 heavy (non-hydrogen) atoms. The summed E-state index contributed by atoms with van der Waals surface area (Å²) in [6.45, 7) is 2.31. The van der Waals surface area contributed by atoms with Gasteiger partial charge in [-0.25, -0.2) is 4.79 Å². The van der Waals surface area contributed by atoms with Crippen LogP contribution in [0.2, 0.25) is 0 Å². The van der Waals surface area contributed by atoms with Crippen molar-refractivity contribution in [3.8, 4) is 11.5 Å². The highest BCUT2D eigenvalue weighted by Crippen LogP contribution is 2.33. The van der Waals surface area contributed by atoms with Crippen LogP contribution in [0.4, 0.5) is 0 Å². The Morgan fingerprint density at radius 3 is 2.35 bits per heavy atom. The van der Waals surface area contributed by atoms with Gasteiger partial charge in [0.2, 0.25) is 0 Å². The lowest BCUT2D eigenvalue weighted by Crippen LogP contribution is -2.12. The molecule has 0 aromatic heterocycles. The fraction of sp³-hybridized carbons (Fsp3) is 0.185. The van der Waals surface area contributed by atoms with Crippen molar-refractivity contribution in [2.75, 3.05) is 0 Å². The Labute approximate surface area is 198 Å². The molecular weight excluding hydrogens is 436 g/mol. The van der Waals surface area contributed by atoms with E-state index < -0.39 is 18.0 Å². The highest BCUT2D eigenvalue weighted by Gasteiger charge is 2.19. The van der Waals surface area contributed by atoms with E-state index in [9.17, 15) is 14.7 Å². The number of benzene rings is 3. The Kier molecular flexibility index (Phi) is 9.86. The first-order chi connectivity index (χ1) is 15.9. The Bertz CT molecular complexity index is 1120. The van der Waals surface area contributed by atoms with E-state index >= 15 is 0 Å². The molecule has 3 aromatic rings. The molecule has 0 aliphatic carbocycles. The van der Waals surface area contributed by atoms with E-state index in [4.69, 9.17) is 14.6 Å². The Hall–Kier alpha value is -4.10. The SMILES string of the molecule is Cc1ccccc1[C@H](CCC(=O)O)Oc1cc(OCc2ccccc2)ccc1/C=C/C(=O)O.O. The van der Waals surface area contributed by atoms with Gasteiger partial charge in [-0.2, -0.15) is 0 Å². The Morgan fingerprint density at radius 1 is 0.971 bits per heavy atom. The largest absolute Gasteiger partial charge is 0.489 e. The van der Waals surface area contributed by atoms with E-state index in [0.29, 0.717) is 23.7 Å². The standard InChI is InChI=1S/C27H26O6.H2O/c1-19-7-5-6-10-23(19)24(14-16-27(30)31)33-25-17-22(13-11-21(25)12-15-26(28)29)32-18-20-8-3-2-4-9-20;/h2-13,15,17,24H,14,16,18H2,1H3,(H,28,29)(H,30,31);1H2/b15-12+;/t24-;/m0./s1. The number of carbonyl (C=O) groups is 2. The normalized spacial score (nSPS) is 11.4. The van der Waals surface area contributed by atoms with Crippen LogP contribution in [0.25, 0.3) is 6.08 Å². The molecule has 0 unspecified atom stereocenters. The van der Waals surface area contributed by atoms with Crippen LogP contribution < -0.4 is 9.47 Å². The molecule has 1 atom stereocenters. The van der Waals surface area contributed by atoms with Gasteiger partial charge in [0.1, 0.15) is 24.2 Å². The number of aryl methyl sites for hydroxylation is 1. The number of hydrogen-bond acceptors (Lipinski definition) is 4. The molecule has 0 fully saturated rings. The highest BCUT2D eigenvalue weighted by atomic mass is 16.5. The molecule has 3 rings (SSSR count). The van der Waals surface area contributed by atoms with Crippen molar-refractivity contribution >= 4 is 18.0 Å². The second-order valence-electron chi connectivity index (χ2n) is 7.54. The molecule has 0 spiro atoms. The summed E-state index contributed by atoms with van der Waals surface area (Å²) in [5, 5.41) is 18.3. The van der Waals surface area contributed by atoms with Gasteiger partial charge in [0, 0.05) is 24.1 Å². The molecule has 7 nitrogen and oxygen atoms in total. The molecule has 0 bridgehead atoms. The fourth-order valence-electron chi connectivity index (χ4n) is 3.38. The summed E-state index contributed by atoms with van der Waals surface area (Å²) in [6.07, 6.45) is 2.15. The van der Waals surface area contributed by atoms with Crippen LogP contribution in [-0.4, -0.2) is 27.6 Å². The molecule has 178 valence electrons. The average Bonchev–Trinajstić information content (AvgIpc) is 2.80. The summed E-state index contributed by atoms with van der Waals surface area (Å²) in [5.41, 5.74) is 3.42. The molecule has 0 saturated carbocycles. The molecule has 0 aliphatic rings. The average molecular weight is 465 g/mol. The van der Waals surface area contributed by atoms with Crippen LogP contribution in [0.15, 0.2) is 78.9 Å². The first kappa shape index (κ1) is 26.2. The number of carboxylic acids is 2. The van der Waals surface area contributed by atoms with Crippen LogP contribution in [0.1, 0.15) is 41.2 Å². The smallest absolute Gasteiger partial charge is 0.328 e. The van der Waals surface area contributed by atoms with Gasteiger partial charge < -0.3 is 25.2 Å². The minimum atomic E-state index is -1.08. The van der Waals surface area contributed by atoms with Gasteiger partial charge in [0.25, 0.3) is 0 Å². The summed E-state index contributed by atoms with van der Waals surface area (Å²) in [6, 6.07) is 22.5. The highest BCUT2D eigenvalue weighted by molar-refractivity contribution is 5.86. The zero-order valence-electron chi connectivity index (χ0n) is 18.8. The molecule has 7 heteroatoms. The summed E-state index contributed by atoms with van der Waals surface area (Å²) in [5.74, 6) is -1.02. The molecule has 4 N–H and O–H groups in total. The van der Waals surface area contributed by atoms with Gasteiger partial charge in [0.15, 0.2) is 0 Å². The van der Waals surface area contributed by atoms with Crippen LogP contribution in [0, 0.1) is 6.92 Å².